The van der Waals surface area contributed by atoms with Crippen molar-refractivity contribution in [3.8, 4) is 0 Å². The zero-order valence-electron chi connectivity index (χ0n) is 11.0. The fraction of sp³-hybridized carbons (Fsp3) is 0.846. The lowest BCUT2D eigenvalue weighted by Gasteiger charge is -1.97. The highest BCUT2D eigenvalue weighted by molar-refractivity contribution is 5.89. The number of esters is 1. The minimum absolute atomic E-state index is 0.0472. The van der Waals surface area contributed by atoms with Gasteiger partial charge in [-0.1, -0.05) is 0 Å². The van der Waals surface area contributed by atoms with Crippen molar-refractivity contribution < 1.29 is 24.5 Å². The number of rotatable bonds is 5. The molecule has 104 valence electrons. The molecule has 0 aromatic rings. The van der Waals surface area contributed by atoms with E-state index in [9.17, 15) is 9.59 Å². The second-order valence-corrected chi connectivity index (χ2v) is 4.93. The van der Waals surface area contributed by atoms with Crippen LogP contribution in [0, 0.1) is 23.7 Å². The number of ketones is 1. The molecule has 0 amide bonds. The number of Topliss-reactive ketones (excluding diaryl/α,β-unsaturated/α-hetero) is 1. The summed E-state index contributed by atoms with van der Waals surface area (Å²) in [6, 6.07) is 0. The summed E-state index contributed by atoms with van der Waals surface area (Å²) in [5.41, 5.74) is 0. The standard InChI is InChI=1S/C8H12O3.C5H10O2/c1-3-11-8(10)7-4-6(7)5(2)9;6-2-4-1-5(4)3-7/h6-7H,3-4H2,1-2H3;4-7H,1-3H2/t6-,7+;4-,5-/m11/s1. The van der Waals surface area contributed by atoms with E-state index < -0.39 is 0 Å². The lowest BCUT2D eigenvalue weighted by molar-refractivity contribution is -0.145. The molecule has 2 saturated carbocycles. The number of carbonyl (C=O) groups excluding carboxylic acids is 2. The van der Waals surface area contributed by atoms with Gasteiger partial charge in [0.2, 0.25) is 0 Å². The Kier molecular flexibility index (Phi) is 5.75. The van der Waals surface area contributed by atoms with Gasteiger partial charge in [-0.05, 0) is 38.5 Å². The zero-order valence-corrected chi connectivity index (χ0v) is 11.0. The van der Waals surface area contributed by atoms with Crippen LogP contribution in [0.25, 0.3) is 0 Å². The summed E-state index contributed by atoms with van der Waals surface area (Å²) in [7, 11) is 0. The lowest BCUT2D eigenvalue weighted by atomic mass is 10.2. The molecule has 2 aliphatic carbocycles. The van der Waals surface area contributed by atoms with Crippen LogP contribution >= 0.6 is 0 Å². The highest BCUT2D eigenvalue weighted by Crippen LogP contribution is 2.40. The van der Waals surface area contributed by atoms with Crippen LogP contribution in [0.15, 0.2) is 0 Å². The third-order valence-electron chi connectivity index (χ3n) is 3.44. The molecule has 0 bridgehead atoms. The molecule has 4 atom stereocenters. The molecule has 5 nitrogen and oxygen atoms in total. The number of aliphatic hydroxyl groups is 2. The van der Waals surface area contributed by atoms with Crippen molar-refractivity contribution in [2.75, 3.05) is 19.8 Å². The quantitative estimate of drug-likeness (QED) is 0.697. The van der Waals surface area contributed by atoms with Gasteiger partial charge >= 0.3 is 5.97 Å². The molecule has 2 aliphatic rings. The largest absolute Gasteiger partial charge is 0.466 e. The second-order valence-electron chi connectivity index (χ2n) is 4.93. The van der Waals surface area contributed by atoms with Crippen LogP contribution in [-0.4, -0.2) is 41.8 Å². The molecular weight excluding hydrogens is 236 g/mol. The van der Waals surface area contributed by atoms with Gasteiger partial charge in [-0.25, -0.2) is 0 Å². The van der Waals surface area contributed by atoms with Crippen LogP contribution in [0.1, 0.15) is 26.7 Å². The molecule has 5 heteroatoms. The molecule has 18 heavy (non-hydrogen) atoms. The topological polar surface area (TPSA) is 83.8 Å². The average Bonchev–Trinajstić information content (AvgIpc) is 3.22. The van der Waals surface area contributed by atoms with Gasteiger partial charge in [0.05, 0.1) is 12.5 Å². The van der Waals surface area contributed by atoms with Crippen LogP contribution in [0.4, 0.5) is 0 Å². The SMILES string of the molecule is CCOC(=O)[C@H]1C[C@@H]1C(C)=O.OC[C@H]1C[C@@H]1CO. The molecule has 0 unspecified atom stereocenters. The Morgan fingerprint density at radius 3 is 1.94 bits per heavy atom. The molecule has 0 spiro atoms. The second kappa shape index (κ2) is 6.85. The molecule has 0 heterocycles. The van der Waals surface area contributed by atoms with Gasteiger partial charge in [0.25, 0.3) is 0 Å². The zero-order chi connectivity index (χ0) is 13.7. The molecule has 0 radical (unpaired) electrons. The monoisotopic (exact) mass is 258 g/mol. The van der Waals surface area contributed by atoms with Crippen molar-refractivity contribution in [1.29, 1.82) is 0 Å². The van der Waals surface area contributed by atoms with Crippen LogP contribution in [-0.2, 0) is 14.3 Å². The Morgan fingerprint density at radius 1 is 1.11 bits per heavy atom. The van der Waals surface area contributed by atoms with Gasteiger partial charge in [0.15, 0.2) is 0 Å². The minimum atomic E-state index is -0.215. The minimum Gasteiger partial charge on any atom is -0.466 e. The van der Waals surface area contributed by atoms with Crippen molar-refractivity contribution in [2.24, 2.45) is 23.7 Å². The van der Waals surface area contributed by atoms with Crippen molar-refractivity contribution in [2.45, 2.75) is 26.7 Å². The maximum atomic E-state index is 10.9. The molecule has 0 aromatic carbocycles. The summed E-state index contributed by atoms with van der Waals surface area (Å²) < 4.78 is 4.76. The molecule has 2 fully saturated rings. The molecule has 2 rings (SSSR count). The third-order valence-corrected chi connectivity index (χ3v) is 3.44. The number of carbonyl (C=O) groups is 2. The molecule has 0 aromatic heterocycles. The molecule has 0 saturated heterocycles. The maximum absolute atomic E-state index is 10.9. The predicted octanol–water partition coefficient (Wildman–Crippen LogP) is 0.382. The van der Waals surface area contributed by atoms with E-state index >= 15 is 0 Å². The fourth-order valence-corrected chi connectivity index (χ4v) is 1.91. The Bertz CT molecular complexity index is 294. The summed E-state index contributed by atoms with van der Waals surface area (Å²) in [6.45, 7) is 4.20. The Balaban J connectivity index is 0.000000199. The Morgan fingerprint density at radius 2 is 1.67 bits per heavy atom. The van der Waals surface area contributed by atoms with Crippen molar-refractivity contribution in [3.63, 3.8) is 0 Å². The van der Waals surface area contributed by atoms with E-state index in [1.54, 1.807) is 6.92 Å². The van der Waals surface area contributed by atoms with Gasteiger partial charge < -0.3 is 14.9 Å². The van der Waals surface area contributed by atoms with Gasteiger partial charge in [-0.3, -0.25) is 9.59 Å². The number of ether oxygens (including phenoxy) is 1. The van der Waals surface area contributed by atoms with E-state index in [-0.39, 0.29) is 36.8 Å². The average molecular weight is 258 g/mol. The first-order valence-corrected chi connectivity index (χ1v) is 6.43. The molecule has 0 aliphatic heterocycles. The summed E-state index contributed by atoms with van der Waals surface area (Å²) in [6.07, 6.45) is 1.71. The number of hydrogen-bond donors (Lipinski definition) is 2. The van der Waals surface area contributed by atoms with Crippen LogP contribution in [0.2, 0.25) is 0 Å². The highest BCUT2D eigenvalue weighted by Gasteiger charge is 2.47. The maximum Gasteiger partial charge on any atom is 0.309 e. The third kappa shape index (κ3) is 4.38. The summed E-state index contributed by atoms with van der Waals surface area (Å²) in [4.78, 5) is 21.7. The highest BCUT2D eigenvalue weighted by atomic mass is 16.5. The number of aliphatic hydroxyl groups excluding tert-OH is 2. The van der Waals surface area contributed by atoms with Crippen molar-refractivity contribution in [3.05, 3.63) is 0 Å². The predicted molar refractivity (Wildman–Crippen MR) is 64.7 cm³/mol. The van der Waals surface area contributed by atoms with Gasteiger partial charge in [0.1, 0.15) is 5.78 Å². The van der Waals surface area contributed by atoms with E-state index in [1.807, 2.05) is 0 Å². The van der Waals surface area contributed by atoms with Gasteiger partial charge in [-0.15, -0.1) is 0 Å². The first-order valence-electron chi connectivity index (χ1n) is 6.43. The van der Waals surface area contributed by atoms with Crippen LogP contribution in [0.3, 0.4) is 0 Å². The van der Waals surface area contributed by atoms with Crippen LogP contribution in [0.5, 0.6) is 0 Å². The Labute approximate surface area is 107 Å². The Hall–Kier alpha value is -0.940. The van der Waals surface area contributed by atoms with E-state index in [0.29, 0.717) is 24.9 Å². The van der Waals surface area contributed by atoms with E-state index in [2.05, 4.69) is 0 Å². The van der Waals surface area contributed by atoms with Gasteiger partial charge in [0, 0.05) is 19.1 Å². The first kappa shape index (κ1) is 15.1. The number of hydrogen-bond acceptors (Lipinski definition) is 5. The smallest absolute Gasteiger partial charge is 0.309 e. The summed E-state index contributed by atoms with van der Waals surface area (Å²) >= 11 is 0. The van der Waals surface area contributed by atoms with Crippen molar-refractivity contribution >= 4 is 11.8 Å². The lowest BCUT2D eigenvalue weighted by Crippen LogP contribution is -2.09. The van der Waals surface area contributed by atoms with Crippen molar-refractivity contribution in [1.82, 2.24) is 0 Å². The van der Waals surface area contributed by atoms with Gasteiger partial charge in [-0.2, -0.15) is 0 Å². The summed E-state index contributed by atoms with van der Waals surface area (Å²) in [5.74, 6) is 0.548. The van der Waals surface area contributed by atoms with E-state index in [4.69, 9.17) is 14.9 Å². The molecule has 2 N–H and O–H groups in total. The summed E-state index contributed by atoms with van der Waals surface area (Å²) in [5, 5.41) is 16.8. The fourth-order valence-electron chi connectivity index (χ4n) is 1.91. The van der Waals surface area contributed by atoms with E-state index in [0.717, 1.165) is 6.42 Å². The molecular formula is C13H22O5. The van der Waals surface area contributed by atoms with Crippen LogP contribution < -0.4 is 0 Å². The normalized spacial score (nSPS) is 32.0. The first-order chi connectivity index (χ1) is 8.54. The van der Waals surface area contributed by atoms with E-state index in [1.165, 1.54) is 6.92 Å².